The minimum Gasteiger partial charge on any atom is -0.461 e. The van der Waals surface area contributed by atoms with Crippen molar-refractivity contribution < 1.29 is 28.7 Å². The Balaban J connectivity index is 2.96. The average molecular weight is 476 g/mol. The molecule has 0 bridgehead atoms. The first-order chi connectivity index (χ1) is 16.0. The molecule has 3 N–H and O–H groups in total. The van der Waals surface area contributed by atoms with Gasteiger partial charge in [-0.15, -0.1) is 0 Å². The van der Waals surface area contributed by atoms with Gasteiger partial charge in [0.15, 0.2) is 0 Å². The van der Waals surface area contributed by atoms with E-state index in [0.717, 1.165) is 5.56 Å². The van der Waals surface area contributed by atoms with Gasteiger partial charge in [-0.25, -0.2) is 0 Å². The molecule has 188 valence electrons. The second-order valence-electron chi connectivity index (χ2n) is 9.17. The topological polar surface area (TPSA) is 131 Å². The first kappa shape index (κ1) is 28.8. The van der Waals surface area contributed by atoms with Crippen LogP contribution >= 0.6 is 0 Å². The summed E-state index contributed by atoms with van der Waals surface area (Å²) in [5.74, 6) is -2.09. The quantitative estimate of drug-likeness (QED) is 0.278. The molecule has 0 fully saturated rings. The number of ether oxygens (including phenoxy) is 1. The third kappa shape index (κ3) is 11.6. The van der Waals surface area contributed by atoms with Gasteiger partial charge in [0, 0.05) is 6.92 Å². The highest BCUT2D eigenvalue weighted by Crippen LogP contribution is 2.09. The molecule has 0 aromatic heterocycles. The molecule has 1 aromatic rings. The second-order valence-corrected chi connectivity index (χ2v) is 9.17. The van der Waals surface area contributed by atoms with E-state index >= 15 is 0 Å². The Morgan fingerprint density at radius 1 is 0.853 bits per heavy atom. The number of aldehydes is 1. The van der Waals surface area contributed by atoms with E-state index < -0.39 is 42.3 Å². The maximum Gasteiger partial charge on any atom is 0.308 e. The van der Waals surface area contributed by atoms with E-state index in [1.165, 1.54) is 6.92 Å². The number of hydrogen-bond donors (Lipinski definition) is 3. The predicted molar refractivity (Wildman–Crippen MR) is 127 cm³/mol. The zero-order valence-electron chi connectivity index (χ0n) is 20.6. The van der Waals surface area contributed by atoms with Crippen molar-refractivity contribution in [2.24, 2.45) is 11.8 Å². The molecule has 0 radical (unpaired) electrons. The average Bonchev–Trinajstić information content (AvgIpc) is 2.75. The number of rotatable bonds is 14. The number of esters is 1. The van der Waals surface area contributed by atoms with Gasteiger partial charge in [0.05, 0.1) is 12.5 Å². The van der Waals surface area contributed by atoms with E-state index in [2.05, 4.69) is 16.0 Å². The fourth-order valence-corrected chi connectivity index (χ4v) is 3.33. The molecule has 3 atom stereocenters. The number of benzene rings is 1. The van der Waals surface area contributed by atoms with E-state index in [1.54, 1.807) is 12.1 Å². The Bertz CT molecular complexity index is 825. The molecule has 0 heterocycles. The Hall–Kier alpha value is -3.23. The Morgan fingerprint density at radius 2 is 1.44 bits per heavy atom. The van der Waals surface area contributed by atoms with E-state index in [-0.39, 0.29) is 24.3 Å². The first-order valence-electron chi connectivity index (χ1n) is 11.5. The fourth-order valence-electron chi connectivity index (χ4n) is 3.33. The molecule has 0 aliphatic rings. The summed E-state index contributed by atoms with van der Waals surface area (Å²) in [6.45, 7) is 8.93. The Kier molecular flexibility index (Phi) is 12.6. The van der Waals surface area contributed by atoms with Gasteiger partial charge in [0.25, 0.3) is 0 Å². The smallest absolute Gasteiger partial charge is 0.308 e. The van der Waals surface area contributed by atoms with Crippen LogP contribution in [0.4, 0.5) is 0 Å². The van der Waals surface area contributed by atoms with Crippen molar-refractivity contribution in [2.75, 3.05) is 0 Å². The van der Waals surface area contributed by atoms with Crippen LogP contribution in [0.15, 0.2) is 30.3 Å². The molecular weight excluding hydrogens is 438 g/mol. The fraction of sp³-hybridized carbons (Fsp3) is 0.560. The summed E-state index contributed by atoms with van der Waals surface area (Å²) in [6.07, 6.45) is 0.967. The summed E-state index contributed by atoms with van der Waals surface area (Å²) >= 11 is 0. The van der Waals surface area contributed by atoms with Gasteiger partial charge >= 0.3 is 5.97 Å². The van der Waals surface area contributed by atoms with Crippen molar-refractivity contribution in [3.63, 3.8) is 0 Å². The van der Waals surface area contributed by atoms with Crippen molar-refractivity contribution >= 4 is 30.0 Å². The van der Waals surface area contributed by atoms with E-state index in [4.69, 9.17) is 4.74 Å². The van der Waals surface area contributed by atoms with Crippen molar-refractivity contribution in [1.29, 1.82) is 0 Å². The SMILES string of the molecule is CC(=O)N[C@@H](CC(C)C)C(=O)N[C@@H](CC(=O)OCc1ccccc1)C(=O)N[C@H](C=O)CC(C)C. The minimum atomic E-state index is -1.27. The number of carbonyl (C=O) groups is 5. The molecule has 0 spiro atoms. The molecule has 0 unspecified atom stereocenters. The maximum atomic E-state index is 12.9. The van der Waals surface area contributed by atoms with E-state index in [0.29, 0.717) is 19.1 Å². The number of hydrogen-bond acceptors (Lipinski definition) is 6. The number of carbonyl (C=O) groups excluding carboxylic acids is 5. The summed E-state index contributed by atoms with van der Waals surface area (Å²) in [6, 6.07) is 6.15. The van der Waals surface area contributed by atoms with E-state index in [1.807, 2.05) is 45.9 Å². The van der Waals surface area contributed by atoms with Gasteiger partial charge in [0.1, 0.15) is 25.0 Å². The summed E-state index contributed by atoms with van der Waals surface area (Å²) in [5.41, 5.74) is 0.779. The molecule has 9 nitrogen and oxygen atoms in total. The monoisotopic (exact) mass is 475 g/mol. The summed E-state index contributed by atoms with van der Waals surface area (Å²) in [4.78, 5) is 61.3. The third-order valence-electron chi connectivity index (χ3n) is 4.86. The predicted octanol–water partition coefficient (Wildman–Crippen LogP) is 1.89. The molecule has 9 heteroatoms. The lowest BCUT2D eigenvalue weighted by Gasteiger charge is -2.24. The molecule has 1 aromatic carbocycles. The van der Waals surface area contributed by atoms with Crippen molar-refractivity contribution in [2.45, 2.75) is 78.6 Å². The number of amides is 3. The highest BCUT2D eigenvalue weighted by molar-refractivity contribution is 5.94. The van der Waals surface area contributed by atoms with Gasteiger partial charge < -0.3 is 25.5 Å². The van der Waals surface area contributed by atoms with Crippen LogP contribution in [0.2, 0.25) is 0 Å². The molecule has 3 amide bonds. The molecule has 0 aliphatic heterocycles. The van der Waals surface area contributed by atoms with Crippen LogP contribution in [0.5, 0.6) is 0 Å². The third-order valence-corrected chi connectivity index (χ3v) is 4.86. The molecule has 1 rings (SSSR count). The molecule has 34 heavy (non-hydrogen) atoms. The van der Waals surface area contributed by atoms with Crippen LogP contribution in [0.3, 0.4) is 0 Å². The van der Waals surface area contributed by atoms with Crippen molar-refractivity contribution in [3.8, 4) is 0 Å². The normalized spacial score (nSPS) is 13.5. The molecular formula is C25H37N3O6. The van der Waals surface area contributed by atoms with Crippen LogP contribution in [0.1, 0.15) is 59.4 Å². The zero-order valence-corrected chi connectivity index (χ0v) is 20.6. The summed E-state index contributed by atoms with van der Waals surface area (Å²) < 4.78 is 5.27. The highest BCUT2D eigenvalue weighted by Gasteiger charge is 2.30. The van der Waals surface area contributed by atoms with Crippen molar-refractivity contribution in [3.05, 3.63) is 35.9 Å². The van der Waals surface area contributed by atoms with Crippen LogP contribution in [0, 0.1) is 11.8 Å². The Morgan fingerprint density at radius 3 is 1.97 bits per heavy atom. The molecule has 0 saturated carbocycles. The van der Waals surface area contributed by atoms with Crippen LogP contribution in [-0.4, -0.2) is 48.1 Å². The highest BCUT2D eigenvalue weighted by atomic mass is 16.5. The molecule has 0 saturated heterocycles. The van der Waals surface area contributed by atoms with Crippen LogP contribution in [0.25, 0.3) is 0 Å². The minimum absolute atomic E-state index is 0.0220. The van der Waals surface area contributed by atoms with Crippen LogP contribution in [-0.2, 0) is 35.3 Å². The van der Waals surface area contributed by atoms with Crippen LogP contribution < -0.4 is 16.0 Å². The lowest BCUT2D eigenvalue weighted by atomic mass is 10.0. The second kappa shape index (κ2) is 14.8. The van der Waals surface area contributed by atoms with Gasteiger partial charge in [-0.1, -0.05) is 58.0 Å². The lowest BCUT2D eigenvalue weighted by Crippen LogP contribution is -2.55. The van der Waals surface area contributed by atoms with Crippen molar-refractivity contribution in [1.82, 2.24) is 16.0 Å². The zero-order chi connectivity index (χ0) is 25.7. The van der Waals surface area contributed by atoms with Gasteiger partial charge in [-0.3, -0.25) is 19.2 Å². The lowest BCUT2D eigenvalue weighted by molar-refractivity contribution is -0.147. The maximum absolute atomic E-state index is 12.9. The van der Waals surface area contributed by atoms with Gasteiger partial charge in [0.2, 0.25) is 17.7 Å². The number of nitrogens with one attached hydrogen (secondary N) is 3. The van der Waals surface area contributed by atoms with E-state index in [9.17, 15) is 24.0 Å². The van der Waals surface area contributed by atoms with Gasteiger partial charge in [-0.2, -0.15) is 0 Å². The standard InChI is InChI=1S/C25H37N3O6/c1-16(2)11-20(14-29)27-24(32)22(13-23(31)34-15-19-9-7-6-8-10-19)28-25(33)21(12-17(3)4)26-18(5)30/h6-10,14,16-17,20-22H,11-13,15H2,1-5H3,(H,26,30)(H,27,32)(H,28,33)/t20-,21-,22-/m0/s1. The van der Waals surface area contributed by atoms with Gasteiger partial charge in [-0.05, 0) is 30.2 Å². The molecule has 0 aliphatic carbocycles. The summed E-state index contributed by atoms with van der Waals surface area (Å²) in [5, 5.41) is 7.72. The first-order valence-corrected chi connectivity index (χ1v) is 11.5. The Labute approximate surface area is 201 Å². The largest absolute Gasteiger partial charge is 0.461 e. The summed E-state index contributed by atoms with van der Waals surface area (Å²) in [7, 11) is 0.